The molecule has 0 saturated heterocycles. The number of carbonyl (C=O) groups is 1. The average Bonchev–Trinajstić information content (AvgIpc) is 2.54. The molecule has 0 aromatic heterocycles. The van der Waals surface area contributed by atoms with Crippen molar-refractivity contribution in [2.24, 2.45) is 5.92 Å². The number of hydrogen-bond donors (Lipinski definition) is 2. The van der Waals surface area contributed by atoms with Crippen LogP contribution in [0.3, 0.4) is 0 Å². The summed E-state index contributed by atoms with van der Waals surface area (Å²) in [4.78, 5) is 12.0. The van der Waals surface area contributed by atoms with Gasteiger partial charge >= 0.3 is 0 Å². The van der Waals surface area contributed by atoms with Crippen LogP contribution in [0.4, 0.5) is 0 Å². The van der Waals surface area contributed by atoms with Crippen molar-refractivity contribution in [3.8, 4) is 11.5 Å². The normalized spacial score (nSPS) is 11.7. The first-order chi connectivity index (χ1) is 10.7. The average molecular weight is 299 g/mol. The van der Waals surface area contributed by atoms with Crippen LogP contribution in [0.1, 0.15) is 23.7 Å². The molecule has 0 radical (unpaired) electrons. The SMILES string of the molecule is CC(CCO)CNC(=O)c1ccc(Oc2ccccc2)cc1. The third kappa shape index (κ3) is 4.90. The number of amides is 1. The fourth-order valence-corrected chi connectivity index (χ4v) is 1.99. The molecule has 2 rings (SSSR count). The maximum absolute atomic E-state index is 12.0. The van der Waals surface area contributed by atoms with Crippen molar-refractivity contribution in [2.75, 3.05) is 13.2 Å². The van der Waals surface area contributed by atoms with Gasteiger partial charge in [0.1, 0.15) is 11.5 Å². The summed E-state index contributed by atoms with van der Waals surface area (Å²) >= 11 is 0. The highest BCUT2D eigenvalue weighted by Gasteiger charge is 2.08. The number of nitrogens with one attached hydrogen (secondary N) is 1. The molecule has 0 aliphatic heterocycles. The minimum absolute atomic E-state index is 0.115. The van der Waals surface area contributed by atoms with Crippen LogP contribution in [0.5, 0.6) is 11.5 Å². The largest absolute Gasteiger partial charge is 0.457 e. The maximum atomic E-state index is 12.0. The van der Waals surface area contributed by atoms with E-state index in [-0.39, 0.29) is 18.4 Å². The highest BCUT2D eigenvalue weighted by atomic mass is 16.5. The Hall–Kier alpha value is -2.33. The van der Waals surface area contributed by atoms with Crippen molar-refractivity contribution in [3.05, 3.63) is 60.2 Å². The minimum atomic E-state index is -0.115. The van der Waals surface area contributed by atoms with E-state index in [9.17, 15) is 4.79 Å². The zero-order valence-corrected chi connectivity index (χ0v) is 12.7. The summed E-state index contributed by atoms with van der Waals surface area (Å²) in [5, 5.41) is 11.7. The Labute approximate surface area is 130 Å². The van der Waals surface area contributed by atoms with Gasteiger partial charge in [-0.25, -0.2) is 0 Å². The van der Waals surface area contributed by atoms with Crippen molar-refractivity contribution < 1.29 is 14.6 Å². The van der Waals surface area contributed by atoms with Gasteiger partial charge < -0.3 is 15.2 Å². The van der Waals surface area contributed by atoms with Crippen molar-refractivity contribution in [1.82, 2.24) is 5.32 Å². The third-order valence-electron chi connectivity index (χ3n) is 3.33. The molecule has 116 valence electrons. The summed E-state index contributed by atoms with van der Waals surface area (Å²) in [6.45, 7) is 2.69. The van der Waals surface area contributed by atoms with Crippen molar-refractivity contribution in [1.29, 1.82) is 0 Å². The van der Waals surface area contributed by atoms with Crippen LogP contribution in [-0.4, -0.2) is 24.2 Å². The van der Waals surface area contributed by atoms with Crippen LogP contribution in [0.15, 0.2) is 54.6 Å². The number of para-hydroxylation sites is 1. The van der Waals surface area contributed by atoms with Gasteiger partial charge in [-0.15, -0.1) is 0 Å². The van der Waals surface area contributed by atoms with Gasteiger partial charge in [0, 0.05) is 18.7 Å². The van der Waals surface area contributed by atoms with Crippen molar-refractivity contribution >= 4 is 5.91 Å². The van der Waals surface area contributed by atoms with E-state index in [0.717, 1.165) is 5.75 Å². The molecule has 4 heteroatoms. The van der Waals surface area contributed by atoms with E-state index in [1.807, 2.05) is 37.3 Å². The number of benzene rings is 2. The number of aliphatic hydroxyl groups is 1. The number of aliphatic hydroxyl groups excluding tert-OH is 1. The van der Waals surface area contributed by atoms with Crippen LogP contribution >= 0.6 is 0 Å². The second kappa shape index (κ2) is 8.20. The van der Waals surface area contributed by atoms with Gasteiger partial charge in [-0.1, -0.05) is 25.1 Å². The molecule has 22 heavy (non-hydrogen) atoms. The molecular weight excluding hydrogens is 278 g/mol. The maximum Gasteiger partial charge on any atom is 0.251 e. The molecule has 0 aliphatic carbocycles. The highest BCUT2D eigenvalue weighted by molar-refractivity contribution is 5.94. The highest BCUT2D eigenvalue weighted by Crippen LogP contribution is 2.21. The van der Waals surface area contributed by atoms with Crippen molar-refractivity contribution in [3.63, 3.8) is 0 Å². The summed E-state index contributed by atoms with van der Waals surface area (Å²) < 4.78 is 5.68. The van der Waals surface area contributed by atoms with E-state index in [1.165, 1.54) is 0 Å². The Morgan fingerprint density at radius 2 is 1.73 bits per heavy atom. The quantitative estimate of drug-likeness (QED) is 0.825. The Morgan fingerprint density at radius 3 is 2.36 bits per heavy atom. The van der Waals surface area contributed by atoms with E-state index in [1.54, 1.807) is 24.3 Å². The number of carbonyl (C=O) groups excluding carboxylic acids is 1. The lowest BCUT2D eigenvalue weighted by molar-refractivity contribution is 0.0945. The van der Waals surface area contributed by atoms with Crippen LogP contribution in [0.25, 0.3) is 0 Å². The molecule has 4 nitrogen and oxygen atoms in total. The number of rotatable bonds is 7. The van der Waals surface area contributed by atoms with Gasteiger partial charge in [0.05, 0.1) is 0 Å². The Balaban J connectivity index is 1.89. The first-order valence-electron chi connectivity index (χ1n) is 7.41. The zero-order valence-electron chi connectivity index (χ0n) is 12.7. The van der Waals surface area contributed by atoms with Gasteiger partial charge in [0.25, 0.3) is 5.91 Å². The molecule has 2 aromatic rings. The topological polar surface area (TPSA) is 58.6 Å². The molecule has 1 atom stereocenters. The lowest BCUT2D eigenvalue weighted by atomic mass is 10.1. The molecule has 0 bridgehead atoms. The monoisotopic (exact) mass is 299 g/mol. The van der Waals surface area contributed by atoms with E-state index in [0.29, 0.717) is 24.3 Å². The zero-order chi connectivity index (χ0) is 15.8. The van der Waals surface area contributed by atoms with Crippen LogP contribution in [0, 0.1) is 5.92 Å². The van der Waals surface area contributed by atoms with E-state index < -0.39 is 0 Å². The standard InChI is InChI=1S/C18H21NO3/c1-14(11-12-20)13-19-18(21)15-7-9-17(10-8-15)22-16-5-3-2-4-6-16/h2-10,14,20H,11-13H2,1H3,(H,19,21). The summed E-state index contributed by atoms with van der Waals surface area (Å²) in [7, 11) is 0. The molecule has 2 aromatic carbocycles. The Morgan fingerprint density at radius 1 is 1.09 bits per heavy atom. The molecule has 2 N–H and O–H groups in total. The molecule has 0 heterocycles. The van der Waals surface area contributed by atoms with Gasteiger partial charge in [0.2, 0.25) is 0 Å². The molecule has 1 unspecified atom stereocenters. The predicted octanol–water partition coefficient (Wildman–Crippen LogP) is 3.23. The summed E-state index contributed by atoms with van der Waals surface area (Å²) in [5.74, 6) is 1.60. The predicted molar refractivity (Wildman–Crippen MR) is 86.2 cm³/mol. The molecule has 0 aliphatic rings. The fourth-order valence-electron chi connectivity index (χ4n) is 1.99. The molecule has 0 fully saturated rings. The lowest BCUT2D eigenvalue weighted by Gasteiger charge is -2.11. The van der Waals surface area contributed by atoms with Crippen LogP contribution in [0.2, 0.25) is 0 Å². The molecule has 0 saturated carbocycles. The Kier molecular flexibility index (Phi) is 5.98. The summed E-state index contributed by atoms with van der Waals surface area (Å²) in [6.07, 6.45) is 0.685. The number of hydrogen-bond acceptors (Lipinski definition) is 3. The van der Waals surface area contributed by atoms with Gasteiger partial charge in [-0.2, -0.15) is 0 Å². The number of ether oxygens (including phenoxy) is 1. The molecule has 0 spiro atoms. The fraction of sp³-hybridized carbons (Fsp3) is 0.278. The smallest absolute Gasteiger partial charge is 0.251 e. The van der Waals surface area contributed by atoms with Gasteiger partial charge in [0.15, 0.2) is 0 Å². The second-order valence-electron chi connectivity index (χ2n) is 5.27. The van der Waals surface area contributed by atoms with Gasteiger partial charge in [-0.3, -0.25) is 4.79 Å². The molecular formula is C18H21NO3. The Bertz CT molecular complexity index is 581. The third-order valence-corrected chi connectivity index (χ3v) is 3.33. The van der Waals surface area contributed by atoms with E-state index in [4.69, 9.17) is 9.84 Å². The molecule has 1 amide bonds. The van der Waals surface area contributed by atoms with Crippen molar-refractivity contribution in [2.45, 2.75) is 13.3 Å². The van der Waals surface area contributed by atoms with Gasteiger partial charge in [-0.05, 0) is 48.7 Å². The minimum Gasteiger partial charge on any atom is -0.457 e. The summed E-state index contributed by atoms with van der Waals surface area (Å²) in [5.41, 5.74) is 0.594. The first kappa shape index (κ1) is 16.0. The second-order valence-corrected chi connectivity index (χ2v) is 5.27. The lowest BCUT2D eigenvalue weighted by Crippen LogP contribution is -2.28. The van der Waals surface area contributed by atoms with E-state index in [2.05, 4.69) is 5.32 Å². The first-order valence-corrected chi connectivity index (χ1v) is 7.41. The summed E-state index contributed by atoms with van der Waals surface area (Å²) in [6, 6.07) is 16.5. The van der Waals surface area contributed by atoms with Crippen LogP contribution in [-0.2, 0) is 0 Å². The van der Waals surface area contributed by atoms with E-state index >= 15 is 0 Å². The van der Waals surface area contributed by atoms with Crippen LogP contribution < -0.4 is 10.1 Å².